The van der Waals surface area contributed by atoms with E-state index in [1.54, 1.807) is 7.11 Å². The Balaban J connectivity index is 1.93. The van der Waals surface area contributed by atoms with Crippen molar-refractivity contribution in [3.05, 3.63) is 17.7 Å². The summed E-state index contributed by atoms with van der Waals surface area (Å²) < 4.78 is 5.29. The minimum atomic E-state index is 0.0132. The van der Waals surface area contributed by atoms with Gasteiger partial charge in [-0.1, -0.05) is 0 Å². The number of likely N-dealkylation sites (N-methyl/N-ethyl adjacent to an activating group) is 1. The van der Waals surface area contributed by atoms with Gasteiger partial charge in [0.15, 0.2) is 0 Å². The number of amides is 1. The first-order valence-corrected chi connectivity index (χ1v) is 7.60. The Bertz CT molecular complexity index is 559. The SMILES string of the molecule is COc1cc2c(cc1N)N(C(=O)[C@H]1CCCN1C)CCC2. The van der Waals surface area contributed by atoms with Gasteiger partial charge in [0.1, 0.15) is 5.75 Å². The molecule has 0 saturated carbocycles. The molecule has 0 aliphatic carbocycles. The van der Waals surface area contributed by atoms with Crippen LogP contribution in [-0.4, -0.2) is 44.1 Å². The van der Waals surface area contributed by atoms with Crippen LogP contribution < -0.4 is 15.4 Å². The van der Waals surface area contributed by atoms with E-state index in [9.17, 15) is 4.79 Å². The molecule has 21 heavy (non-hydrogen) atoms. The molecular formula is C16H23N3O2. The predicted molar refractivity (Wildman–Crippen MR) is 83.7 cm³/mol. The zero-order valence-corrected chi connectivity index (χ0v) is 12.8. The van der Waals surface area contributed by atoms with E-state index in [1.807, 2.05) is 24.1 Å². The standard InChI is InChI=1S/C16H23N3O2/c1-18-7-4-6-13(18)16(20)19-8-3-5-11-9-15(21-2)12(17)10-14(11)19/h9-10,13H,3-8,17H2,1-2H3/t13-/m1/s1. The molecule has 1 aromatic rings. The lowest BCUT2D eigenvalue weighted by Gasteiger charge is -2.33. The van der Waals surface area contributed by atoms with Gasteiger partial charge in [-0.15, -0.1) is 0 Å². The molecule has 5 nitrogen and oxygen atoms in total. The van der Waals surface area contributed by atoms with Crippen LogP contribution in [0.1, 0.15) is 24.8 Å². The molecule has 0 unspecified atom stereocenters. The Labute approximate surface area is 125 Å². The van der Waals surface area contributed by atoms with E-state index >= 15 is 0 Å². The highest BCUT2D eigenvalue weighted by molar-refractivity contribution is 5.99. The van der Waals surface area contributed by atoms with Gasteiger partial charge in [-0.3, -0.25) is 9.69 Å². The van der Waals surface area contributed by atoms with Gasteiger partial charge in [0, 0.05) is 12.2 Å². The molecule has 1 fully saturated rings. The number of benzene rings is 1. The highest BCUT2D eigenvalue weighted by atomic mass is 16.5. The van der Waals surface area contributed by atoms with Gasteiger partial charge >= 0.3 is 0 Å². The molecule has 5 heteroatoms. The molecular weight excluding hydrogens is 266 g/mol. The molecule has 0 aromatic heterocycles. The summed E-state index contributed by atoms with van der Waals surface area (Å²) in [7, 11) is 3.65. The Hall–Kier alpha value is -1.75. The number of nitrogen functional groups attached to an aromatic ring is 1. The number of hydrogen-bond acceptors (Lipinski definition) is 4. The van der Waals surface area contributed by atoms with Crippen molar-refractivity contribution in [1.82, 2.24) is 4.90 Å². The van der Waals surface area contributed by atoms with Gasteiger partial charge in [-0.2, -0.15) is 0 Å². The normalized spacial score (nSPS) is 22.2. The number of nitrogens with two attached hydrogens (primary N) is 1. The predicted octanol–water partition coefficient (Wildman–Crippen LogP) is 1.65. The van der Waals surface area contributed by atoms with Crippen molar-refractivity contribution in [3.8, 4) is 5.75 Å². The fourth-order valence-electron chi connectivity index (χ4n) is 3.43. The molecule has 1 amide bonds. The minimum absolute atomic E-state index is 0.0132. The number of anilines is 2. The van der Waals surface area contributed by atoms with Crippen molar-refractivity contribution < 1.29 is 9.53 Å². The average molecular weight is 289 g/mol. The Morgan fingerprint density at radius 3 is 2.81 bits per heavy atom. The Morgan fingerprint density at radius 1 is 1.33 bits per heavy atom. The van der Waals surface area contributed by atoms with Crippen molar-refractivity contribution in [3.63, 3.8) is 0 Å². The number of carbonyl (C=O) groups excluding carboxylic acids is 1. The fraction of sp³-hybridized carbons (Fsp3) is 0.562. The van der Waals surface area contributed by atoms with Gasteiger partial charge in [0.05, 0.1) is 18.8 Å². The number of carbonyl (C=O) groups is 1. The second-order valence-electron chi connectivity index (χ2n) is 5.95. The second-order valence-corrected chi connectivity index (χ2v) is 5.95. The molecule has 114 valence electrons. The molecule has 0 spiro atoms. The maximum atomic E-state index is 12.9. The van der Waals surface area contributed by atoms with Crippen LogP contribution in [0.5, 0.6) is 5.75 Å². The molecule has 2 N–H and O–H groups in total. The lowest BCUT2D eigenvalue weighted by atomic mass is 9.99. The van der Waals surface area contributed by atoms with Crippen LogP contribution in [0.4, 0.5) is 11.4 Å². The van der Waals surface area contributed by atoms with Crippen molar-refractivity contribution in [1.29, 1.82) is 0 Å². The number of fused-ring (bicyclic) bond motifs is 1. The van der Waals surface area contributed by atoms with Crippen LogP contribution >= 0.6 is 0 Å². The molecule has 1 saturated heterocycles. The maximum Gasteiger partial charge on any atom is 0.244 e. The van der Waals surface area contributed by atoms with Gasteiger partial charge in [0.25, 0.3) is 0 Å². The van der Waals surface area contributed by atoms with E-state index in [4.69, 9.17) is 10.5 Å². The largest absolute Gasteiger partial charge is 0.495 e. The lowest BCUT2D eigenvalue weighted by Crippen LogP contribution is -2.46. The molecule has 2 aliphatic rings. The van der Waals surface area contributed by atoms with E-state index in [0.717, 1.165) is 50.0 Å². The van der Waals surface area contributed by atoms with E-state index in [2.05, 4.69) is 4.90 Å². The third-order valence-electron chi connectivity index (χ3n) is 4.62. The Morgan fingerprint density at radius 2 is 2.14 bits per heavy atom. The van der Waals surface area contributed by atoms with E-state index in [1.165, 1.54) is 0 Å². The lowest BCUT2D eigenvalue weighted by molar-refractivity contribution is -0.122. The van der Waals surface area contributed by atoms with E-state index in [0.29, 0.717) is 11.4 Å². The van der Waals surface area contributed by atoms with Crippen LogP contribution in [0.25, 0.3) is 0 Å². The van der Waals surface area contributed by atoms with E-state index in [-0.39, 0.29) is 11.9 Å². The van der Waals surface area contributed by atoms with Crippen molar-refractivity contribution in [2.75, 3.05) is 37.9 Å². The molecule has 1 atom stereocenters. The van der Waals surface area contributed by atoms with E-state index < -0.39 is 0 Å². The smallest absolute Gasteiger partial charge is 0.244 e. The number of aryl methyl sites for hydroxylation is 1. The molecule has 2 heterocycles. The summed E-state index contributed by atoms with van der Waals surface area (Å²) in [4.78, 5) is 16.9. The zero-order chi connectivity index (χ0) is 15.0. The van der Waals surface area contributed by atoms with Crippen LogP contribution in [0.3, 0.4) is 0 Å². The first-order chi connectivity index (χ1) is 10.1. The quantitative estimate of drug-likeness (QED) is 0.841. The van der Waals surface area contributed by atoms with Crippen molar-refractivity contribution >= 4 is 17.3 Å². The van der Waals surface area contributed by atoms with Gasteiger partial charge in [-0.05, 0) is 57.0 Å². The molecule has 0 radical (unpaired) electrons. The number of hydrogen-bond donors (Lipinski definition) is 1. The second kappa shape index (κ2) is 5.56. The van der Waals surface area contributed by atoms with Crippen LogP contribution in [0, 0.1) is 0 Å². The molecule has 2 aliphatic heterocycles. The number of ether oxygens (including phenoxy) is 1. The summed E-state index contributed by atoms with van der Waals surface area (Å²) in [5.41, 5.74) is 8.73. The van der Waals surface area contributed by atoms with Gasteiger partial charge in [0.2, 0.25) is 5.91 Å². The molecule has 1 aromatic carbocycles. The Kier molecular flexibility index (Phi) is 3.76. The highest BCUT2D eigenvalue weighted by Gasteiger charge is 2.34. The fourth-order valence-corrected chi connectivity index (χ4v) is 3.43. The average Bonchev–Trinajstić information content (AvgIpc) is 2.91. The molecule has 0 bridgehead atoms. The summed E-state index contributed by atoms with van der Waals surface area (Å²) in [6.07, 6.45) is 4.00. The number of likely N-dealkylation sites (tertiary alicyclic amines) is 1. The van der Waals surface area contributed by atoms with Gasteiger partial charge in [-0.25, -0.2) is 0 Å². The maximum absolute atomic E-state index is 12.9. The zero-order valence-electron chi connectivity index (χ0n) is 12.8. The van der Waals surface area contributed by atoms with Crippen LogP contribution in [-0.2, 0) is 11.2 Å². The topological polar surface area (TPSA) is 58.8 Å². The summed E-state index contributed by atoms with van der Waals surface area (Å²) in [5, 5.41) is 0. The summed E-state index contributed by atoms with van der Waals surface area (Å²) >= 11 is 0. The van der Waals surface area contributed by atoms with Crippen molar-refractivity contribution in [2.45, 2.75) is 31.7 Å². The number of rotatable bonds is 2. The third kappa shape index (κ3) is 2.46. The summed E-state index contributed by atoms with van der Waals surface area (Å²) in [6, 6.07) is 3.88. The minimum Gasteiger partial charge on any atom is -0.495 e. The number of methoxy groups -OCH3 is 1. The monoisotopic (exact) mass is 289 g/mol. The summed E-state index contributed by atoms with van der Waals surface area (Å²) in [6.45, 7) is 1.78. The van der Waals surface area contributed by atoms with Crippen LogP contribution in [0.2, 0.25) is 0 Å². The van der Waals surface area contributed by atoms with Crippen molar-refractivity contribution in [2.24, 2.45) is 0 Å². The number of nitrogens with zero attached hydrogens (tertiary/aromatic N) is 2. The summed E-state index contributed by atoms with van der Waals surface area (Å²) in [5.74, 6) is 0.904. The third-order valence-corrected chi connectivity index (χ3v) is 4.62. The first kappa shape index (κ1) is 14.2. The first-order valence-electron chi connectivity index (χ1n) is 7.60. The molecule has 3 rings (SSSR count). The highest BCUT2D eigenvalue weighted by Crippen LogP contribution is 2.36. The van der Waals surface area contributed by atoms with Crippen LogP contribution in [0.15, 0.2) is 12.1 Å². The van der Waals surface area contributed by atoms with Gasteiger partial charge < -0.3 is 15.4 Å².